The average Bonchev–Trinajstić information content (AvgIpc) is 2.38. The van der Waals surface area contributed by atoms with Crippen LogP contribution in [0, 0.1) is 34.8 Å². The third-order valence-electron chi connectivity index (χ3n) is 2.37. The summed E-state index contributed by atoms with van der Waals surface area (Å²) in [7, 11) is 0. The minimum absolute atomic E-state index is 0.112. The van der Waals surface area contributed by atoms with Crippen LogP contribution in [-0.2, 0) is 0 Å². The molecule has 19 heavy (non-hydrogen) atoms. The minimum Gasteiger partial charge on any atom is -0.508 e. The summed E-state index contributed by atoms with van der Waals surface area (Å²) in [6.45, 7) is 0. The third-order valence-corrected chi connectivity index (χ3v) is 2.37. The maximum atomic E-state index is 13.3. The lowest BCUT2D eigenvalue weighted by molar-refractivity contribution is 0.475. The van der Waals surface area contributed by atoms with E-state index in [1.165, 1.54) is 18.2 Å². The zero-order valence-corrected chi connectivity index (χ0v) is 9.61. The maximum absolute atomic E-state index is 13.3. The number of hydrogen-bond donors (Lipinski definition) is 1. The molecule has 0 saturated carbocycles. The van der Waals surface area contributed by atoms with Gasteiger partial charge in [-0.05, 0) is 36.4 Å². The molecule has 0 saturated heterocycles. The Kier molecular flexibility index (Phi) is 3.45. The number of phenolic OH excluding ortho intramolecular Hbond substituents is 1. The number of rotatable bonds is 0. The quantitative estimate of drug-likeness (QED) is 0.735. The summed E-state index contributed by atoms with van der Waals surface area (Å²) >= 11 is 0. The smallest absolute Gasteiger partial charge is 0.145 e. The van der Waals surface area contributed by atoms with Crippen molar-refractivity contribution in [3.8, 4) is 23.7 Å². The van der Waals surface area contributed by atoms with Crippen LogP contribution in [0.5, 0.6) is 5.75 Å². The predicted molar refractivity (Wildman–Crippen MR) is 65.2 cm³/mol. The molecule has 0 aliphatic heterocycles. The van der Waals surface area contributed by atoms with Crippen LogP contribution in [0.1, 0.15) is 16.7 Å². The van der Waals surface area contributed by atoms with Gasteiger partial charge in [-0.15, -0.1) is 0 Å². The Morgan fingerprint density at radius 3 is 1.95 bits per heavy atom. The molecule has 0 radical (unpaired) electrons. The van der Waals surface area contributed by atoms with Crippen molar-refractivity contribution in [1.29, 1.82) is 5.26 Å². The zero-order valence-electron chi connectivity index (χ0n) is 9.61. The number of benzene rings is 2. The Hall–Kier alpha value is -2.85. The summed E-state index contributed by atoms with van der Waals surface area (Å²) in [6.07, 6.45) is 0. The number of aromatic hydroxyl groups is 1. The van der Waals surface area contributed by atoms with Crippen LogP contribution in [0.15, 0.2) is 36.4 Å². The molecule has 0 spiro atoms. The van der Waals surface area contributed by atoms with Crippen LogP contribution in [0.3, 0.4) is 0 Å². The van der Waals surface area contributed by atoms with Crippen LogP contribution >= 0.6 is 0 Å². The molecule has 4 heteroatoms. The molecule has 2 aromatic carbocycles. The first-order valence-electron chi connectivity index (χ1n) is 5.30. The molecular weight excluding hydrogens is 248 g/mol. The average molecular weight is 255 g/mol. The van der Waals surface area contributed by atoms with Gasteiger partial charge in [0.05, 0.1) is 0 Å². The lowest BCUT2D eigenvalue weighted by Gasteiger charge is -1.97. The zero-order chi connectivity index (χ0) is 13.8. The van der Waals surface area contributed by atoms with E-state index in [1.54, 1.807) is 12.1 Å². The molecule has 0 fully saturated rings. The fourth-order valence-electron chi connectivity index (χ4n) is 1.44. The first kappa shape index (κ1) is 12.6. The summed E-state index contributed by atoms with van der Waals surface area (Å²) in [5.74, 6) is 3.54. The van der Waals surface area contributed by atoms with Gasteiger partial charge in [-0.1, -0.05) is 11.8 Å². The molecule has 2 rings (SSSR count). The van der Waals surface area contributed by atoms with E-state index in [9.17, 15) is 8.78 Å². The second kappa shape index (κ2) is 5.20. The molecule has 92 valence electrons. The van der Waals surface area contributed by atoms with Crippen molar-refractivity contribution in [1.82, 2.24) is 0 Å². The van der Waals surface area contributed by atoms with E-state index in [-0.39, 0.29) is 11.3 Å². The number of phenols is 1. The van der Waals surface area contributed by atoms with Crippen LogP contribution in [-0.4, -0.2) is 5.11 Å². The highest BCUT2D eigenvalue weighted by Crippen LogP contribution is 2.14. The fraction of sp³-hybridized carbons (Fsp3) is 0. The molecule has 0 unspecified atom stereocenters. The Balaban J connectivity index is 2.36. The first-order valence-corrected chi connectivity index (χ1v) is 5.30. The lowest BCUT2D eigenvalue weighted by Crippen LogP contribution is -1.91. The molecule has 0 atom stereocenters. The van der Waals surface area contributed by atoms with Crippen molar-refractivity contribution in [3.05, 3.63) is 64.7 Å². The number of halogens is 2. The van der Waals surface area contributed by atoms with Gasteiger partial charge in [-0.2, -0.15) is 5.26 Å². The molecule has 2 aromatic rings. The molecule has 0 bridgehead atoms. The topological polar surface area (TPSA) is 44.0 Å². The Morgan fingerprint density at radius 2 is 1.42 bits per heavy atom. The molecule has 0 aromatic heterocycles. The van der Waals surface area contributed by atoms with Crippen molar-refractivity contribution in [2.75, 3.05) is 0 Å². The summed E-state index contributed by atoms with van der Waals surface area (Å²) in [5.41, 5.74) is 0.125. The molecule has 0 amide bonds. The van der Waals surface area contributed by atoms with E-state index in [0.717, 1.165) is 12.1 Å². The van der Waals surface area contributed by atoms with Crippen LogP contribution < -0.4 is 0 Å². The van der Waals surface area contributed by atoms with Gasteiger partial charge in [0.1, 0.15) is 29.0 Å². The van der Waals surface area contributed by atoms with Gasteiger partial charge < -0.3 is 5.11 Å². The minimum atomic E-state index is -0.933. The van der Waals surface area contributed by atoms with Gasteiger partial charge in [-0.3, -0.25) is 0 Å². The molecule has 0 aliphatic rings. The molecular formula is C15H7F2NO. The van der Waals surface area contributed by atoms with Crippen molar-refractivity contribution < 1.29 is 13.9 Å². The Bertz CT molecular complexity index is 696. The molecule has 0 heterocycles. The van der Waals surface area contributed by atoms with Crippen LogP contribution in [0.25, 0.3) is 0 Å². The van der Waals surface area contributed by atoms with Gasteiger partial charge in [-0.25, -0.2) is 8.78 Å². The molecule has 0 aliphatic carbocycles. The SMILES string of the molecule is N#Cc1c(F)cc(C#Cc2ccc(O)cc2)cc1F. The van der Waals surface area contributed by atoms with E-state index >= 15 is 0 Å². The van der Waals surface area contributed by atoms with E-state index in [4.69, 9.17) is 10.4 Å². The van der Waals surface area contributed by atoms with Gasteiger partial charge in [0.2, 0.25) is 0 Å². The standard InChI is InChI=1S/C15H7F2NO/c16-14-7-11(8-15(17)13(14)9-18)2-1-10-3-5-12(19)6-4-10/h3-8,19H. The Morgan fingerprint density at radius 1 is 0.895 bits per heavy atom. The van der Waals surface area contributed by atoms with Crippen molar-refractivity contribution >= 4 is 0 Å². The summed E-state index contributed by atoms with van der Waals surface area (Å²) in [4.78, 5) is 0. The van der Waals surface area contributed by atoms with Gasteiger partial charge >= 0.3 is 0 Å². The largest absolute Gasteiger partial charge is 0.508 e. The predicted octanol–water partition coefficient (Wildman–Crippen LogP) is 2.94. The third kappa shape index (κ3) is 2.88. The van der Waals surface area contributed by atoms with Crippen LogP contribution in [0.4, 0.5) is 8.78 Å². The molecule has 2 nitrogen and oxygen atoms in total. The fourth-order valence-corrected chi connectivity index (χ4v) is 1.44. The number of hydrogen-bond acceptors (Lipinski definition) is 2. The van der Waals surface area contributed by atoms with Crippen molar-refractivity contribution in [2.45, 2.75) is 0 Å². The highest BCUT2D eigenvalue weighted by Gasteiger charge is 2.09. The lowest BCUT2D eigenvalue weighted by atomic mass is 10.1. The van der Waals surface area contributed by atoms with E-state index in [1.807, 2.05) is 0 Å². The normalized spacial score (nSPS) is 9.32. The number of nitriles is 1. The van der Waals surface area contributed by atoms with Gasteiger partial charge in [0, 0.05) is 11.1 Å². The second-order valence-electron chi connectivity index (χ2n) is 3.72. The van der Waals surface area contributed by atoms with E-state index < -0.39 is 17.2 Å². The highest BCUT2D eigenvalue weighted by molar-refractivity contribution is 5.46. The monoisotopic (exact) mass is 255 g/mol. The first-order chi connectivity index (χ1) is 9.10. The summed E-state index contributed by atoms with van der Waals surface area (Å²) in [6, 6.07) is 9.55. The van der Waals surface area contributed by atoms with E-state index in [0.29, 0.717) is 5.56 Å². The van der Waals surface area contributed by atoms with Crippen molar-refractivity contribution in [3.63, 3.8) is 0 Å². The van der Waals surface area contributed by atoms with Crippen molar-refractivity contribution in [2.24, 2.45) is 0 Å². The van der Waals surface area contributed by atoms with E-state index in [2.05, 4.69) is 11.8 Å². The van der Waals surface area contributed by atoms with Gasteiger partial charge in [0.15, 0.2) is 0 Å². The summed E-state index contributed by atoms with van der Waals surface area (Å²) < 4.78 is 26.7. The summed E-state index contributed by atoms with van der Waals surface area (Å²) in [5, 5.41) is 17.6. The highest BCUT2D eigenvalue weighted by atomic mass is 19.1. The maximum Gasteiger partial charge on any atom is 0.145 e. The second-order valence-corrected chi connectivity index (χ2v) is 3.72. The van der Waals surface area contributed by atoms with Crippen LogP contribution in [0.2, 0.25) is 0 Å². The number of nitrogens with zero attached hydrogens (tertiary/aromatic N) is 1. The Labute approximate surface area is 108 Å². The van der Waals surface area contributed by atoms with Gasteiger partial charge in [0.25, 0.3) is 0 Å². The molecule has 1 N–H and O–H groups in total.